The van der Waals surface area contributed by atoms with Crippen LogP contribution in [0.25, 0.3) is 0 Å². The summed E-state index contributed by atoms with van der Waals surface area (Å²) in [4.78, 5) is 0. The Morgan fingerprint density at radius 2 is 0.964 bits per heavy atom. The second-order valence-corrected chi connectivity index (χ2v) is 9.72. The van der Waals surface area contributed by atoms with E-state index in [1.807, 2.05) is 0 Å². The van der Waals surface area contributed by atoms with E-state index in [4.69, 9.17) is 14.8 Å². The molecule has 3 rings (SSSR count). The molecule has 0 bridgehead atoms. The molecule has 0 aliphatic carbocycles. The second-order valence-electron chi connectivity index (χ2n) is 5.99. The van der Waals surface area contributed by atoms with Gasteiger partial charge in [-0.05, 0) is 30.8 Å². The summed E-state index contributed by atoms with van der Waals surface area (Å²) in [5, 5.41) is 20.9. The van der Waals surface area contributed by atoms with Crippen molar-refractivity contribution in [2.45, 2.75) is 18.5 Å². The third-order valence-electron chi connectivity index (χ3n) is 3.76. The van der Waals surface area contributed by atoms with Crippen molar-refractivity contribution in [2.75, 3.05) is 0 Å². The quantitative estimate of drug-likeness (QED) is 0.435. The molecular weight excluding hydrogens is 395 g/mol. The van der Waals surface area contributed by atoms with Gasteiger partial charge in [-0.15, -0.1) is 0 Å². The van der Waals surface area contributed by atoms with Gasteiger partial charge in [0.2, 0.25) is 5.44 Å². The molecule has 0 spiro atoms. The molecule has 2 unspecified atom stereocenters. The van der Waals surface area contributed by atoms with Gasteiger partial charge in [-0.2, -0.15) is 8.42 Å². The van der Waals surface area contributed by atoms with Crippen LogP contribution < -0.4 is 15.9 Å². The predicted octanol–water partition coefficient (Wildman–Crippen LogP) is 2.02. The molecule has 0 radical (unpaired) electrons. The molecule has 28 heavy (non-hydrogen) atoms. The van der Waals surface area contributed by atoms with Crippen molar-refractivity contribution in [1.29, 1.82) is 0 Å². The fourth-order valence-electron chi connectivity index (χ4n) is 2.43. The fraction of sp³-hybridized carbons (Fsp3) is 0.143. The number of rotatable bonds is 5. The molecule has 0 aliphatic rings. The lowest BCUT2D eigenvalue weighted by molar-refractivity contribution is 0.0755. The average Bonchev–Trinajstić information content (AvgIpc) is 2.70. The molecule has 2 atom stereocenters. The molecule has 0 amide bonds. The molecule has 3 aromatic carbocycles. The zero-order valence-electron chi connectivity index (χ0n) is 15.3. The highest BCUT2D eigenvalue weighted by molar-refractivity contribution is 7.86. The summed E-state index contributed by atoms with van der Waals surface area (Å²) in [6.45, 7) is 1.05. The maximum absolute atomic E-state index is 9.92. The van der Waals surface area contributed by atoms with Crippen LogP contribution in [-0.2, 0) is 10.1 Å². The molecule has 0 saturated carbocycles. The van der Waals surface area contributed by atoms with Crippen LogP contribution in [0.3, 0.4) is 0 Å². The lowest BCUT2D eigenvalue weighted by atomic mass is 10.4. The largest absolute Gasteiger partial charge is 0.390 e. The first-order valence-corrected chi connectivity index (χ1v) is 11.4. The summed E-state index contributed by atoms with van der Waals surface area (Å²) in [5.41, 5.74) is -2.10. The van der Waals surface area contributed by atoms with Crippen LogP contribution in [0.1, 0.15) is 6.92 Å². The minimum Gasteiger partial charge on any atom is -0.390 e. The fourth-order valence-corrected chi connectivity index (χ4v) is 5.23. The van der Waals surface area contributed by atoms with Crippen molar-refractivity contribution in [3.63, 3.8) is 0 Å². The van der Waals surface area contributed by atoms with Gasteiger partial charge < -0.3 is 10.2 Å². The van der Waals surface area contributed by atoms with Gasteiger partial charge in [0.25, 0.3) is 10.1 Å². The molecule has 0 aliphatic heterocycles. The molecule has 0 fully saturated rings. The summed E-state index contributed by atoms with van der Waals surface area (Å²) in [6.07, 6.45) is -1.47. The van der Waals surface area contributed by atoms with Crippen molar-refractivity contribution in [3.05, 3.63) is 91.0 Å². The molecule has 7 heteroatoms. The van der Waals surface area contributed by atoms with E-state index in [1.165, 1.54) is 15.9 Å². The molecule has 3 aromatic rings. The van der Waals surface area contributed by atoms with Crippen LogP contribution in [-0.4, -0.2) is 34.7 Å². The van der Waals surface area contributed by atoms with Crippen molar-refractivity contribution >= 4 is 34.0 Å². The predicted molar refractivity (Wildman–Crippen MR) is 114 cm³/mol. The third kappa shape index (κ3) is 6.51. The highest BCUT2D eigenvalue weighted by Crippen LogP contribution is 2.32. The van der Waals surface area contributed by atoms with Crippen molar-refractivity contribution in [2.24, 2.45) is 0 Å². The van der Waals surface area contributed by atoms with Crippen LogP contribution >= 0.6 is 7.92 Å². The molecule has 0 saturated heterocycles. The summed E-state index contributed by atoms with van der Waals surface area (Å²) in [7, 11) is -4.94. The minimum atomic E-state index is -4.50. The standard InChI is InChI=1S/C18H15P.C3H8O5S/c1-4-10-16(11-5-1)19(17-12-6-2-7-13-17)18-14-8-3-9-15-18;1-2(4)3(5)9(6,7)8/h1-15H;2-5H,1H3,(H,6,7,8). The maximum Gasteiger partial charge on any atom is 0.294 e. The molecule has 5 nitrogen and oxygen atoms in total. The Kier molecular flexibility index (Phi) is 8.30. The van der Waals surface area contributed by atoms with Gasteiger partial charge in [-0.25, -0.2) is 0 Å². The number of benzene rings is 3. The summed E-state index contributed by atoms with van der Waals surface area (Å²) in [5.74, 6) is 0. The van der Waals surface area contributed by atoms with Crippen molar-refractivity contribution in [3.8, 4) is 0 Å². The van der Waals surface area contributed by atoms with Gasteiger partial charge in [0.15, 0.2) is 0 Å². The average molecular weight is 418 g/mol. The SMILES string of the molecule is CC(O)C(O)S(=O)(=O)O.c1ccc(P(c2ccccc2)c2ccccc2)cc1. The summed E-state index contributed by atoms with van der Waals surface area (Å²) < 4.78 is 27.9. The van der Waals surface area contributed by atoms with E-state index in [9.17, 15) is 8.42 Å². The van der Waals surface area contributed by atoms with Crippen LogP contribution in [0.2, 0.25) is 0 Å². The van der Waals surface area contributed by atoms with E-state index < -0.39 is 29.6 Å². The number of hydrogen-bond acceptors (Lipinski definition) is 4. The zero-order chi connectivity index (χ0) is 20.6. The van der Waals surface area contributed by atoms with Crippen LogP contribution in [0.15, 0.2) is 91.0 Å². The summed E-state index contributed by atoms with van der Waals surface area (Å²) >= 11 is 0. The van der Waals surface area contributed by atoms with E-state index in [2.05, 4.69) is 91.0 Å². The minimum absolute atomic E-state index is 0.446. The van der Waals surface area contributed by atoms with Crippen LogP contribution in [0.5, 0.6) is 0 Å². The van der Waals surface area contributed by atoms with Gasteiger partial charge in [-0.3, -0.25) is 4.55 Å². The Hall–Kier alpha value is -2.08. The summed E-state index contributed by atoms with van der Waals surface area (Å²) in [6, 6.07) is 32.3. The maximum atomic E-state index is 9.92. The van der Waals surface area contributed by atoms with E-state index in [1.54, 1.807) is 0 Å². The molecular formula is C21H23O5PS. The zero-order valence-corrected chi connectivity index (χ0v) is 17.0. The lowest BCUT2D eigenvalue weighted by Gasteiger charge is -2.18. The first kappa shape index (κ1) is 22.2. The van der Waals surface area contributed by atoms with Crippen LogP contribution in [0, 0.1) is 0 Å². The van der Waals surface area contributed by atoms with Crippen molar-refractivity contribution < 1.29 is 23.2 Å². The number of aliphatic hydroxyl groups excluding tert-OH is 2. The van der Waals surface area contributed by atoms with Crippen molar-refractivity contribution in [1.82, 2.24) is 0 Å². The Morgan fingerprint density at radius 3 is 1.14 bits per heavy atom. The lowest BCUT2D eigenvalue weighted by Crippen LogP contribution is -2.30. The molecule has 0 aromatic heterocycles. The Bertz CT molecular complexity index is 838. The van der Waals surface area contributed by atoms with Gasteiger partial charge in [0.1, 0.15) is 0 Å². The van der Waals surface area contributed by atoms with Gasteiger partial charge >= 0.3 is 0 Å². The number of aliphatic hydroxyl groups is 2. The molecule has 148 valence electrons. The smallest absolute Gasteiger partial charge is 0.294 e. The Balaban J connectivity index is 0.000000266. The normalized spacial score (nSPS) is 13.3. The van der Waals surface area contributed by atoms with E-state index in [0.29, 0.717) is 0 Å². The Morgan fingerprint density at radius 1 is 0.679 bits per heavy atom. The van der Waals surface area contributed by atoms with E-state index in [-0.39, 0.29) is 0 Å². The molecule has 3 N–H and O–H groups in total. The first-order chi connectivity index (χ1) is 13.3. The highest BCUT2D eigenvalue weighted by Gasteiger charge is 2.24. The van der Waals surface area contributed by atoms with E-state index >= 15 is 0 Å². The molecule has 0 heterocycles. The van der Waals surface area contributed by atoms with Gasteiger partial charge in [0, 0.05) is 0 Å². The highest BCUT2D eigenvalue weighted by atomic mass is 32.2. The number of hydrogen-bond donors (Lipinski definition) is 3. The second kappa shape index (κ2) is 10.5. The first-order valence-electron chi connectivity index (χ1n) is 8.58. The topological polar surface area (TPSA) is 94.8 Å². The van der Waals surface area contributed by atoms with Gasteiger partial charge in [0.05, 0.1) is 6.10 Å². The van der Waals surface area contributed by atoms with E-state index in [0.717, 1.165) is 6.92 Å². The third-order valence-corrected chi connectivity index (χ3v) is 7.21. The monoisotopic (exact) mass is 418 g/mol. The van der Waals surface area contributed by atoms with Gasteiger partial charge in [-0.1, -0.05) is 91.0 Å². The Labute approximate surface area is 166 Å². The van der Waals surface area contributed by atoms with Crippen LogP contribution in [0.4, 0.5) is 0 Å².